The summed E-state index contributed by atoms with van der Waals surface area (Å²) in [7, 11) is 0. The van der Waals surface area contributed by atoms with Crippen molar-refractivity contribution in [2.45, 2.75) is 6.54 Å². The molecule has 0 unspecified atom stereocenters. The normalized spacial score (nSPS) is 16.6. The third kappa shape index (κ3) is 2.00. The van der Waals surface area contributed by atoms with Crippen LogP contribution < -0.4 is 16.3 Å². The predicted molar refractivity (Wildman–Crippen MR) is 65.7 cm³/mol. The fraction of sp³-hybridized carbons (Fsp3) is 0.200. The van der Waals surface area contributed by atoms with E-state index in [4.69, 9.17) is 5.11 Å². The highest BCUT2D eigenvalue weighted by Crippen LogP contribution is 2.16. The van der Waals surface area contributed by atoms with Gasteiger partial charge < -0.3 is 10.5 Å². The molecule has 0 spiro atoms. The lowest BCUT2D eigenvalue weighted by molar-refractivity contribution is 0.269. The van der Waals surface area contributed by atoms with Crippen molar-refractivity contribution >= 4 is 12.0 Å². The van der Waals surface area contributed by atoms with Crippen LogP contribution >= 0.6 is 0 Å². The van der Waals surface area contributed by atoms with E-state index in [1.165, 1.54) is 0 Å². The first-order valence-electron chi connectivity index (χ1n) is 5.51. The summed E-state index contributed by atoms with van der Waals surface area (Å²) in [6, 6.07) is 0. The third-order valence-electron chi connectivity index (χ3n) is 2.50. The van der Waals surface area contributed by atoms with Gasteiger partial charge in [-0.3, -0.25) is 15.5 Å². The van der Waals surface area contributed by atoms with E-state index in [9.17, 15) is 0 Å². The molecule has 0 saturated carbocycles. The van der Waals surface area contributed by atoms with Crippen LogP contribution in [0.5, 0.6) is 0 Å². The van der Waals surface area contributed by atoms with Crippen molar-refractivity contribution in [1.82, 2.24) is 25.6 Å². The second-order valence-corrected chi connectivity index (χ2v) is 3.82. The number of nitrogens with zero attached hydrogens (tertiary/aromatic N) is 4. The molecule has 8 nitrogen and oxygen atoms in total. The van der Waals surface area contributed by atoms with Gasteiger partial charge in [-0.05, 0) is 0 Å². The number of nitrogens with one attached hydrogen (secondary N) is 3. The number of aliphatic hydroxyl groups is 1. The number of rotatable bonds is 4. The standard InChI is InChI=1S/C10H13N7O/c18-2-1-16-5-8(3-13-16)15-17-6-10-9(11-7-17)4-12-14-10/h3-7,12,14-15,18H,1-2H2. The Morgan fingerprint density at radius 3 is 3.28 bits per heavy atom. The van der Waals surface area contributed by atoms with Crippen molar-refractivity contribution < 1.29 is 5.11 Å². The van der Waals surface area contributed by atoms with Gasteiger partial charge in [0.25, 0.3) is 0 Å². The lowest BCUT2D eigenvalue weighted by Gasteiger charge is -2.20. The zero-order chi connectivity index (χ0) is 12.4. The average molecular weight is 247 g/mol. The molecule has 0 bridgehead atoms. The minimum Gasteiger partial charge on any atom is -0.394 e. The van der Waals surface area contributed by atoms with Crippen LogP contribution in [-0.4, -0.2) is 32.8 Å². The number of aliphatic imine (C=N–C) groups is 1. The molecule has 0 aromatic carbocycles. The Morgan fingerprint density at radius 1 is 1.44 bits per heavy atom. The lowest BCUT2D eigenvalue weighted by Crippen LogP contribution is -2.28. The number of anilines is 1. The summed E-state index contributed by atoms with van der Waals surface area (Å²) in [5.41, 5.74) is 11.6. The minimum absolute atomic E-state index is 0.0695. The highest BCUT2D eigenvalue weighted by atomic mass is 16.3. The first-order valence-corrected chi connectivity index (χ1v) is 5.51. The lowest BCUT2D eigenvalue weighted by atomic mass is 10.3. The van der Waals surface area contributed by atoms with Gasteiger partial charge in [-0.25, -0.2) is 10.0 Å². The fourth-order valence-electron chi connectivity index (χ4n) is 1.68. The molecule has 1 aromatic heterocycles. The average Bonchev–Trinajstić information content (AvgIpc) is 2.98. The first kappa shape index (κ1) is 10.7. The van der Waals surface area contributed by atoms with Gasteiger partial charge in [0.1, 0.15) is 12.0 Å². The van der Waals surface area contributed by atoms with E-state index in [-0.39, 0.29) is 6.61 Å². The molecule has 3 rings (SSSR count). The van der Waals surface area contributed by atoms with Crippen LogP contribution in [0, 0.1) is 0 Å². The molecule has 18 heavy (non-hydrogen) atoms. The maximum atomic E-state index is 8.81. The van der Waals surface area contributed by atoms with Crippen molar-refractivity contribution in [2.75, 3.05) is 12.0 Å². The summed E-state index contributed by atoms with van der Waals surface area (Å²) in [5.74, 6) is 0. The zero-order valence-corrected chi connectivity index (χ0v) is 9.54. The van der Waals surface area contributed by atoms with E-state index in [0.717, 1.165) is 17.1 Å². The Bertz CT molecular complexity index is 530. The number of hydrogen-bond donors (Lipinski definition) is 4. The number of hydrogen-bond acceptors (Lipinski definition) is 7. The Hall–Kier alpha value is -2.48. The summed E-state index contributed by atoms with van der Waals surface area (Å²) in [4.78, 5) is 4.25. The van der Waals surface area contributed by atoms with Gasteiger partial charge in [0.05, 0.1) is 36.9 Å². The van der Waals surface area contributed by atoms with Crippen LogP contribution in [-0.2, 0) is 6.54 Å². The summed E-state index contributed by atoms with van der Waals surface area (Å²) in [6.45, 7) is 0.551. The Balaban J connectivity index is 1.68. The first-order chi connectivity index (χ1) is 8.85. The Morgan fingerprint density at radius 2 is 2.39 bits per heavy atom. The molecule has 0 atom stereocenters. The van der Waals surface area contributed by atoms with E-state index in [0.29, 0.717) is 6.54 Å². The molecule has 94 valence electrons. The maximum absolute atomic E-state index is 8.81. The molecule has 8 heteroatoms. The van der Waals surface area contributed by atoms with Gasteiger partial charge in [0.2, 0.25) is 0 Å². The van der Waals surface area contributed by atoms with Gasteiger partial charge in [-0.2, -0.15) is 5.10 Å². The summed E-state index contributed by atoms with van der Waals surface area (Å²) >= 11 is 0. The molecule has 0 fully saturated rings. The van der Waals surface area contributed by atoms with Gasteiger partial charge in [-0.1, -0.05) is 0 Å². The fourth-order valence-corrected chi connectivity index (χ4v) is 1.68. The Labute approximate surface area is 103 Å². The van der Waals surface area contributed by atoms with E-state index in [1.807, 2.05) is 12.4 Å². The van der Waals surface area contributed by atoms with Crippen LogP contribution in [0.25, 0.3) is 0 Å². The second-order valence-electron chi connectivity index (χ2n) is 3.82. The van der Waals surface area contributed by atoms with Crippen molar-refractivity contribution in [3.63, 3.8) is 0 Å². The van der Waals surface area contributed by atoms with E-state index in [1.54, 1.807) is 28.4 Å². The number of fused-ring (bicyclic) bond motifs is 1. The van der Waals surface area contributed by atoms with E-state index in [2.05, 4.69) is 26.4 Å². The molecule has 0 amide bonds. The van der Waals surface area contributed by atoms with Crippen molar-refractivity contribution in [1.29, 1.82) is 0 Å². The summed E-state index contributed by atoms with van der Waals surface area (Å²) in [6.07, 6.45) is 8.84. The molecule has 0 radical (unpaired) electrons. The van der Waals surface area contributed by atoms with Crippen LogP contribution in [0.1, 0.15) is 0 Å². The molecule has 1 aromatic rings. The molecular formula is C10H13N7O. The third-order valence-corrected chi connectivity index (χ3v) is 2.50. The maximum Gasteiger partial charge on any atom is 0.115 e. The van der Waals surface area contributed by atoms with E-state index >= 15 is 0 Å². The predicted octanol–water partition coefficient (Wildman–Crippen LogP) is -0.663. The van der Waals surface area contributed by atoms with Crippen LogP contribution in [0.15, 0.2) is 41.2 Å². The summed E-state index contributed by atoms with van der Waals surface area (Å²) in [5, 5.41) is 14.6. The largest absolute Gasteiger partial charge is 0.394 e. The van der Waals surface area contributed by atoms with Crippen LogP contribution in [0.4, 0.5) is 5.69 Å². The minimum atomic E-state index is 0.0695. The molecule has 0 aliphatic carbocycles. The molecule has 3 heterocycles. The van der Waals surface area contributed by atoms with Gasteiger partial charge in [0, 0.05) is 12.4 Å². The smallest absolute Gasteiger partial charge is 0.115 e. The van der Waals surface area contributed by atoms with Gasteiger partial charge >= 0.3 is 0 Å². The number of hydrazine groups is 2. The monoisotopic (exact) mass is 247 g/mol. The molecule has 2 aliphatic heterocycles. The quantitative estimate of drug-likeness (QED) is 0.564. The number of aliphatic hydroxyl groups excluding tert-OH is 1. The van der Waals surface area contributed by atoms with Crippen LogP contribution in [0.2, 0.25) is 0 Å². The highest BCUT2D eigenvalue weighted by Gasteiger charge is 2.15. The molecule has 4 N–H and O–H groups in total. The van der Waals surface area contributed by atoms with E-state index < -0.39 is 0 Å². The van der Waals surface area contributed by atoms with Gasteiger partial charge in [0.15, 0.2) is 0 Å². The molecular weight excluding hydrogens is 234 g/mol. The van der Waals surface area contributed by atoms with Crippen molar-refractivity contribution in [3.8, 4) is 0 Å². The molecule has 0 saturated heterocycles. The SMILES string of the molecule is OCCn1cc(NN2C=NC3=CNNC3=C2)cn1. The van der Waals surface area contributed by atoms with Crippen LogP contribution in [0.3, 0.4) is 0 Å². The topological polar surface area (TPSA) is 89.7 Å². The number of aromatic nitrogens is 2. The Kier molecular flexibility index (Phi) is 2.61. The second kappa shape index (κ2) is 4.41. The van der Waals surface area contributed by atoms with Crippen molar-refractivity contribution in [3.05, 3.63) is 36.2 Å². The highest BCUT2D eigenvalue weighted by molar-refractivity contribution is 5.65. The molecule has 2 aliphatic rings. The van der Waals surface area contributed by atoms with Gasteiger partial charge in [-0.15, -0.1) is 0 Å². The zero-order valence-electron chi connectivity index (χ0n) is 9.54. The van der Waals surface area contributed by atoms with Crippen molar-refractivity contribution in [2.24, 2.45) is 4.99 Å². The summed E-state index contributed by atoms with van der Waals surface area (Å²) < 4.78 is 1.66.